The van der Waals surface area contributed by atoms with Crippen LogP contribution in [0.3, 0.4) is 0 Å². The van der Waals surface area contributed by atoms with Gasteiger partial charge in [0.2, 0.25) is 5.91 Å². The van der Waals surface area contributed by atoms with Gasteiger partial charge >= 0.3 is 6.18 Å². The van der Waals surface area contributed by atoms with Crippen molar-refractivity contribution in [2.75, 3.05) is 11.9 Å². The van der Waals surface area contributed by atoms with Crippen LogP contribution in [0.4, 0.5) is 18.9 Å². The number of aromatic nitrogens is 2. The molecule has 2 fully saturated rings. The predicted octanol–water partition coefficient (Wildman–Crippen LogP) is 4.86. The number of halogens is 3. The lowest BCUT2D eigenvalue weighted by Crippen LogP contribution is -2.35. The summed E-state index contributed by atoms with van der Waals surface area (Å²) >= 11 is 0. The lowest BCUT2D eigenvalue weighted by molar-refractivity contribution is -0.141. The van der Waals surface area contributed by atoms with Gasteiger partial charge in [0.1, 0.15) is 11.4 Å². The van der Waals surface area contributed by atoms with E-state index in [9.17, 15) is 18.0 Å². The van der Waals surface area contributed by atoms with Crippen molar-refractivity contribution < 1.29 is 27.8 Å². The summed E-state index contributed by atoms with van der Waals surface area (Å²) in [6.45, 7) is 0.120. The van der Waals surface area contributed by atoms with E-state index in [1.807, 2.05) is 18.2 Å². The maximum Gasteiger partial charge on any atom is 0.433 e. The minimum Gasteiger partial charge on any atom is -0.490 e. The number of benzene rings is 1. The Bertz CT molecular complexity index is 1150. The zero-order valence-electron chi connectivity index (χ0n) is 17.7. The fourth-order valence-corrected chi connectivity index (χ4v) is 4.55. The van der Waals surface area contributed by atoms with Crippen molar-refractivity contribution >= 4 is 22.5 Å². The van der Waals surface area contributed by atoms with E-state index in [0.29, 0.717) is 37.1 Å². The fraction of sp³-hybridized carbons (Fsp3) is 0.417. The lowest BCUT2D eigenvalue weighted by atomic mass is 9.75. The van der Waals surface area contributed by atoms with Crippen molar-refractivity contribution in [1.82, 2.24) is 9.97 Å². The quantitative estimate of drug-likeness (QED) is 0.491. The number of nitrogens with one attached hydrogen (secondary N) is 2. The number of rotatable bonds is 6. The Morgan fingerprint density at radius 2 is 1.97 bits per heavy atom. The van der Waals surface area contributed by atoms with Crippen LogP contribution >= 0.6 is 0 Å². The number of hydrogen-bond acceptors (Lipinski definition) is 4. The van der Waals surface area contributed by atoms with Crippen molar-refractivity contribution in [3.8, 4) is 5.75 Å². The zero-order valence-corrected chi connectivity index (χ0v) is 17.7. The number of carbonyl (C=O) groups excluding carboxylic acids is 1. The van der Waals surface area contributed by atoms with Gasteiger partial charge in [-0.3, -0.25) is 9.78 Å². The van der Waals surface area contributed by atoms with Gasteiger partial charge in [-0.25, -0.2) is 0 Å². The summed E-state index contributed by atoms with van der Waals surface area (Å²) in [5.74, 6) is 0.904. The van der Waals surface area contributed by atoms with Gasteiger partial charge in [-0.2, -0.15) is 13.2 Å². The molecule has 5 rings (SSSR count). The number of pyridine rings is 1. The van der Waals surface area contributed by atoms with Crippen LogP contribution in [-0.4, -0.2) is 33.7 Å². The minimum absolute atomic E-state index is 0.0304. The molecular formula is C24H24F3N3O3. The molecule has 2 saturated carbocycles. The summed E-state index contributed by atoms with van der Waals surface area (Å²) in [4.78, 5) is 19.1. The second kappa shape index (κ2) is 8.37. The normalized spacial score (nSPS) is 24.7. The van der Waals surface area contributed by atoms with Gasteiger partial charge in [0.25, 0.3) is 0 Å². The topological polar surface area (TPSA) is 87.2 Å². The van der Waals surface area contributed by atoms with Crippen LogP contribution in [-0.2, 0) is 11.0 Å². The number of hydrogen-bond donors (Lipinski definition) is 3. The molecule has 3 N–H and O–H groups in total. The Kier molecular flexibility index (Phi) is 5.52. The van der Waals surface area contributed by atoms with Gasteiger partial charge in [-0.1, -0.05) is 6.07 Å². The highest BCUT2D eigenvalue weighted by molar-refractivity contribution is 6.03. The number of ether oxygens (including phenoxy) is 1. The number of aromatic amines is 1. The van der Waals surface area contributed by atoms with E-state index in [1.54, 1.807) is 6.20 Å². The number of aliphatic hydroxyl groups is 1. The fourth-order valence-electron chi connectivity index (χ4n) is 4.55. The number of alkyl halides is 3. The van der Waals surface area contributed by atoms with E-state index in [-0.39, 0.29) is 36.4 Å². The van der Waals surface area contributed by atoms with Gasteiger partial charge in [0.05, 0.1) is 11.8 Å². The van der Waals surface area contributed by atoms with Crippen LogP contribution in [0.15, 0.2) is 42.7 Å². The highest BCUT2D eigenvalue weighted by Crippen LogP contribution is 2.40. The van der Waals surface area contributed by atoms with E-state index in [2.05, 4.69) is 15.3 Å². The largest absolute Gasteiger partial charge is 0.490 e. The molecule has 0 spiro atoms. The number of nitrogens with zero attached hydrogens (tertiary/aromatic N) is 1. The second-order valence-corrected chi connectivity index (χ2v) is 9.00. The molecule has 3 aromatic rings. The second-order valence-electron chi connectivity index (χ2n) is 9.00. The van der Waals surface area contributed by atoms with Gasteiger partial charge < -0.3 is 20.1 Å². The van der Waals surface area contributed by atoms with E-state index in [4.69, 9.17) is 9.84 Å². The monoisotopic (exact) mass is 459 g/mol. The first kappa shape index (κ1) is 21.8. The van der Waals surface area contributed by atoms with Gasteiger partial charge in [0, 0.05) is 35.8 Å². The third-order valence-electron chi connectivity index (χ3n) is 6.72. The Morgan fingerprint density at radius 1 is 1.18 bits per heavy atom. The molecule has 0 aliphatic heterocycles. The molecule has 2 aromatic heterocycles. The Labute approximate surface area is 188 Å². The molecule has 2 aliphatic carbocycles. The Hall–Kier alpha value is -3.07. The predicted molar refractivity (Wildman–Crippen MR) is 116 cm³/mol. The van der Waals surface area contributed by atoms with Crippen molar-refractivity contribution in [3.63, 3.8) is 0 Å². The van der Waals surface area contributed by atoms with Crippen LogP contribution in [0, 0.1) is 11.8 Å². The summed E-state index contributed by atoms with van der Waals surface area (Å²) in [5, 5.41) is 13.0. The molecule has 6 nitrogen and oxygen atoms in total. The van der Waals surface area contributed by atoms with Crippen molar-refractivity contribution in [2.45, 2.75) is 43.9 Å². The summed E-state index contributed by atoms with van der Waals surface area (Å²) < 4.78 is 44.1. The van der Waals surface area contributed by atoms with E-state index >= 15 is 0 Å². The Morgan fingerprint density at radius 3 is 2.64 bits per heavy atom. The summed E-state index contributed by atoms with van der Waals surface area (Å²) in [6.07, 6.45) is 1.41. The smallest absolute Gasteiger partial charge is 0.433 e. The standard InChI is InChI=1S/C24H24F3N3O3/c25-24(26,27)22-4-1-14(10-29-22)15-7-18(8-15)33-17-2-3-20-19(9-17)21(11-28-20)30-23(32)16-5-13(6-16)12-31/h1-4,9-11,13,15-16,18,28,31H,5-8,12H2,(H,30,32)/t13-,15-,16-,18-. The van der Waals surface area contributed by atoms with E-state index in [0.717, 1.165) is 22.5 Å². The molecule has 0 radical (unpaired) electrons. The minimum atomic E-state index is -4.43. The molecule has 2 heterocycles. The van der Waals surface area contributed by atoms with Crippen LogP contribution in [0.1, 0.15) is 42.9 Å². The molecule has 0 bridgehead atoms. The van der Waals surface area contributed by atoms with Gasteiger partial charge in [-0.15, -0.1) is 0 Å². The van der Waals surface area contributed by atoms with Crippen LogP contribution < -0.4 is 10.1 Å². The number of fused-ring (bicyclic) bond motifs is 1. The van der Waals surface area contributed by atoms with Crippen LogP contribution in [0.25, 0.3) is 10.9 Å². The highest BCUT2D eigenvalue weighted by atomic mass is 19.4. The van der Waals surface area contributed by atoms with Gasteiger partial charge in [-0.05, 0) is 67.3 Å². The third kappa shape index (κ3) is 4.42. The van der Waals surface area contributed by atoms with Crippen molar-refractivity contribution in [3.05, 3.63) is 54.0 Å². The SMILES string of the molecule is O=C(Nc1c[nH]c2ccc(O[C@H]3C[C@H](c4ccc(C(F)(F)F)nc4)C3)cc12)[C@H]1C[C@H](CO)C1. The molecule has 33 heavy (non-hydrogen) atoms. The van der Waals surface area contributed by atoms with Gasteiger partial charge in [0.15, 0.2) is 0 Å². The van der Waals surface area contributed by atoms with E-state index < -0.39 is 11.9 Å². The maximum absolute atomic E-state index is 12.7. The number of carbonyl (C=O) groups is 1. The molecule has 2 aliphatic rings. The summed E-state index contributed by atoms with van der Waals surface area (Å²) in [6, 6.07) is 8.14. The first-order valence-corrected chi connectivity index (χ1v) is 11.0. The summed E-state index contributed by atoms with van der Waals surface area (Å²) in [7, 11) is 0. The molecule has 0 saturated heterocycles. The number of aliphatic hydroxyl groups excluding tert-OH is 1. The number of anilines is 1. The molecule has 0 atom stereocenters. The molecule has 1 amide bonds. The summed E-state index contributed by atoms with van der Waals surface area (Å²) in [5.41, 5.74) is 1.47. The Balaban J connectivity index is 1.19. The molecular weight excluding hydrogens is 435 g/mol. The third-order valence-corrected chi connectivity index (χ3v) is 6.72. The van der Waals surface area contributed by atoms with E-state index in [1.165, 1.54) is 12.3 Å². The van der Waals surface area contributed by atoms with Crippen molar-refractivity contribution in [2.24, 2.45) is 11.8 Å². The maximum atomic E-state index is 12.7. The first-order valence-electron chi connectivity index (χ1n) is 11.0. The zero-order chi connectivity index (χ0) is 23.2. The molecule has 174 valence electrons. The van der Waals surface area contributed by atoms with Crippen LogP contribution in [0.5, 0.6) is 5.75 Å². The number of amides is 1. The average Bonchev–Trinajstić information content (AvgIpc) is 3.11. The lowest BCUT2D eigenvalue weighted by Gasteiger charge is -2.35. The van der Waals surface area contributed by atoms with Crippen molar-refractivity contribution in [1.29, 1.82) is 0 Å². The molecule has 9 heteroatoms. The molecule has 1 aromatic carbocycles. The highest BCUT2D eigenvalue weighted by Gasteiger charge is 2.36. The van der Waals surface area contributed by atoms with Crippen LogP contribution in [0.2, 0.25) is 0 Å². The first-order chi connectivity index (χ1) is 15.8. The number of H-pyrrole nitrogens is 1. The average molecular weight is 459 g/mol. The molecule has 0 unspecified atom stereocenters.